The third-order valence-electron chi connectivity index (χ3n) is 2.51. The molecule has 1 aromatic heterocycles. The van der Waals surface area contributed by atoms with E-state index in [-0.39, 0.29) is 5.28 Å². The molecule has 2 rings (SSSR count). The molecular weight excluding hydrogens is 235 g/mol. The summed E-state index contributed by atoms with van der Waals surface area (Å²) >= 11 is 11.7. The molecule has 15 heavy (non-hydrogen) atoms. The van der Waals surface area contributed by atoms with Crippen LogP contribution < -0.4 is 4.90 Å². The molecule has 1 aliphatic rings. The molecule has 1 aromatic rings. The van der Waals surface area contributed by atoms with Crippen molar-refractivity contribution >= 4 is 29.0 Å². The highest BCUT2D eigenvalue weighted by atomic mass is 35.5. The number of aromatic nitrogens is 3. The van der Waals surface area contributed by atoms with Gasteiger partial charge in [0.25, 0.3) is 0 Å². The van der Waals surface area contributed by atoms with E-state index in [0.29, 0.717) is 11.0 Å². The third kappa shape index (κ3) is 2.69. The molecule has 4 nitrogen and oxygen atoms in total. The van der Waals surface area contributed by atoms with Crippen LogP contribution in [0.2, 0.25) is 10.4 Å². The third-order valence-corrected chi connectivity index (χ3v) is 2.91. The van der Waals surface area contributed by atoms with Crippen LogP contribution in [0.4, 0.5) is 5.82 Å². The highest BCUT2D eigenvalue weighted by Gasteiger charge is 2.16. The van der Waals surface area contributed by atoms with E-state index in [0.717, 1.165) is 25.9 Å². The molecule has 0 saturated carbocycles. The Hall–Kier alpha value is -0.610. The monoisotopic (exact) mass is 246 g/mol. The first-order valence-corrected chi connectivity index (χ1v) is 5.83. The van der Waals surface area contributed by atoms with Gasteiger partial charge in [-0.05, 0) is 24.4 Å². The normalized spacial score (nSPS) is 17.6. The van der Waals surface area contributed by atoms with Crippen LogP contribution in [0.3, 0.4) is 0 Å². The van der Waals surface area contributed by atoms with E-state index < -0.39 is 0 Å². The molecule has 0 atom stereocenters. The van der Waals surface area contributed by atoms with E-state index >= 15 is 0 Å². The summed E-state index contributed by atoms with van der Waals surface area (Å²) in [4.78, 5) is 6.26. The molecule has 0 N–H and O–H groups in total. The van der Waals surface area contributed by atoms with Gasteiger partial charge in [-0.15, -0.1) is 10.2 Å². The Bertz CT molecular complexity index is 337. The first-order valence-electron chi connectivity index (χ1n) is 5.08. The summed E-state index contributed by atoms with van der Waals surface area (Å²) in [6, 6.07) is 0. The van der Waals surface area contributed by atoms with Crippen molar-refractivity contribution in [3.8, 4) is 0 Å². The van der Waals surface area contributed by atoms with Crippen molar-refractivity contribution in [2.45, 2.75) is 25.7 Å². The van der Waals surface area contributed by atoms with Gasteiger partial charge in [-0.3, -0.25) is 0 Å². The summed E-state index contributed by atoms with van der Waals surface area (Å²) in [6.07, 6.45) is 4.86. The molecule has 1 saturated heterocycles. The van der Waals surface area contributed by atoms with Gasteiger partial charge < -0.3 is 4.90 Å². The summed E-state index contributed by atoms with van der Waals surface area (Å²) < 4.78 is 0. The predicted octanol–water partition coefficient (Wildman–Crippen LogP) is 2.56. The number of nitrogens with zero attached hydrogens (tertiary/aromatic N) is 4. The van der Waals surface area contributed by atoms with Crippen LogP contribution in [-0.4, -0.2) is 28.3 Å². The summed E-state index contributed by atoms with van der Waals surface area (Å²) in [7, 11) is 0. The van der Waals surface area contributed by atoms with Crippen LogP contribution in [0.15, 0.2) is 0 Å². The number of rotatable bonds is 1. The maximum atomic E-state index is 5.95. The minimum atomic E-state index is 0.152. The van der Waals surface area contributed by atoms with E-state index in [1.807, 2.05) is 0 Å². The van der Waals surface area contributed by atoms with Gasteiger partial charge in [-0.2, -0.15) is 4.98 Å². The Morgan fingerprint density at radius 1 is 0.933 bits per heavy atom. The van der Waals surface area contributed by atoms with Crippen molar-refractivity contribution in [2.75, 3.05) is 18.0 Å². The van der Waals surface area contributed by atoms with Crippen LogP contribution in [0.25, 0.3) is 0 Å². The van der Waals surface area contributed by atoms with Gasteiger partial charge in [0.1, 0.15) is 0 Å². The summed E-state index contributed by atoms with van der Waals surface area (Å²) in [5, 5.41) is 7.85. The van der Waals surface area contributed by atoms with Gasteiger partial charge >= 0.3 is 0 Å². The van der Waals surface area contributed by atoms with Gasteiger partial charge in [-0.1, -0.05) is 24.4 Å². The maximum absolute atomic E-state index is 5.95. The molecular formula is C9H12Cl2N4. The summed E-state index contributed by atoms with van der Waals surface area (Å²) in [5.74, 6) is 0.665. The number of hydrogen-bond acceptors (Lipinski definition) is 4. The second-order valence-electron chi connectivity index (χ2n) is 3.60. The average molecular weight is 247 g/mol. The molecule has 82 valence electrons. The minimum Gasteiger partial charge on any atom is -0.354 e. The Kier molecular flexibility index (Phi) is 3.59. The van der Waals surface area contributed by atoms with E-state index in [1.165, 1.54) is 12.8 Å². The number of halogens is 2. The Labute approximate surface area is 98.6 Å². The quantitative estimate of drug-likeness (QED) is 0.764. The Morgan fingerprint density at radius 3 is 2.27 bits per heavy atom. The van der Waals surface area contributed by atoms with Crippen molar-refractivity contribution in [2.24, 2.45) is 0 Å². The molecule has 0 radical (unpaired) electrons. The average Bonchev–Trinajstić information content (AvgIpc) is 2.50. The summed E-state index contributed by atoms with van der Waals surface area (Å²) in [5.41, 5.74) is 0. The van der Waals surface area contributed by atoms with Crippen LogP contribution in [0, 0.1) is 0 Å². The fourth-order valence-corrected chi connectivity index (χ4v) is 2.09. The molecule has 1 fully saturated rings. The Balaban J connectivity index is 2.22. The molecule has 0 aliphatic carbocycles. The standard InChI is InChI=1S/C9H12Cl2N4/c10-7-8(12-9(11)14-13-7)15-5-3-1-2-4-6-15/h1-6H2. The van der Waals surface area contributed by atoms with Gasteiger partial charge in [0, 0.05) is 13.1 Å². The van der Waals surface area contributed by atoms with Gasteiger partial charge in [-0.25, -0.2) is 0 Å². The molecule has 0 amide bonds. The zero-order valence-corrected chi connectivity index (χ0v) is 9.80. The second-order valence-corrected chi connectivity index (χ2v) is 4.29. The lowest BCUT2D eigenvalue weighted by atomic mass is 10.2. The van der Waals surface area contributed by atoms with Gasteiger partial charge in [0.2, 0.25) is 5.28 Å². The lowest BCUT2D eigenvalue weighted by molar-refractivity contribution is 0.726. The molecule has 0 unspecified atom stereocenters. The van der Waals surface area contributed by atoms with E-state index in [2.05, 4.69) is 20.1 Å². The SMILES string of the molecule is Clc1nnc(Cl)c(N2CCCCCC2)n1. The topological polar surface area (TPSA) is 41.9 Å². The maximum Gasteiger partial charge on any atom is 0.245 e. The molecule has 2 heterocycles. The number of anilines is 1. The predicted molar refractivity (Wildman–Crippen MR) is 60.5 cm³/mol. The van der Waals surface area contributed by atoms with Crippen LogP contribution in [-0.2, 0) is 0 Å². The van der Waals surface area contributed by atoms with Crippen molar-refractivity contribution in [1.82, 2.24) is 15.2 Å². The molecule has 1 aliphatic heterocycles. The van der Waals surface area contributed by atoms with E-state index in [9.17, 15) is 0 Å². The van der Waals surface area contributed by atoms with Gasteiger partial charge in [0.05, 0.1) is 0 Å². The van der Waals surface area contributed by atoms with Gasteiger partial charge in [0.15, 0.2) is 11.0 Å². The van der Waals surface area contributed by atoms with Crippen LogP contribution >= 0.6 is 23.2 Å². The fraction of sp³-hybridized carbons (Fsp3) is 0.667. The molecule has 0 aromatic carbocycles. The van der Waals surface area contributed by atoms with Crippen molar-refractivity contribution in [3.63, 3.8) is 0 Å². The largest absolute Gasteiger partial charge is 0.354 e. The Morgan fingerprint density at radius 2 is 1.60 bits per heavy atom. The zero-order valence-electron chi connectivity index (χ0n) is 8.29. The van der Waals surface area contributed by atoms with Crippen LogP contribution in [0.5, 0.6) is 0 Å². The fourth-order valence-electron chi connectivity index (χ4n) is 1.77. The second kappa shape index (κ2) is 4.94. The first-order chi connectivity index (χ1) is 7.27. The van der Waals surface area contributed by atoms with Crippen molar-refractivity contribution in [3.05, 3.63) is 10.4 Å². The smallest absolute Gasteiger partial charge is 0.245 e. The lowest BCUT2D eigenvalue weighted by Crippen LogP contribution is -2.25. The molecule has 6 heteroatoms. The molecule has 0 spiro atoms. The van der Waals surface area contributed by atoms with Crippen molar-refractivity contribution in [1.29, 1.82) is 0 Å². The van der Waals surface area contributed by atoms with E-state index in [1.54, 1.807) is 0 Å². The lowest BCUT2D eigenvalue weighted by Gasteiger charge is -2.21. The summed E-state index contributed by atoms with van der Waals surface area (Å²) in [6.45, 7) is 1.93. The highest BCUT2D eigenvalue weighted by Crippen LogP contribution is 2.24. The highest BCUT2D eigenvalue weighted by molar-refractivity contribution is 6.32. The van der Waals surface area contributed by atoms with Crippen molar-refractivity contribution < 1.29 is 0 Å². The first kappa shape index (κ1) is 10.9. The minimum absolute atomic E-state index is 0.152. The zero-order chi connectivity index (χ0) is 10.7. The van der Waals surface area contributed by atoms with E-state index in [4.69, 9.17) is 23.2 Å². The van der Waals surface area contributed by atoms with Crippen LogP contribution in [0.1, 0.15) is 25.7 Å². The molecule has 0 bridgehead atoms. The number of hydrogen-bond donors (Lipinski definition) is 0.